The van der Waals surface area contributed by atoms with Crippen molar-refractivity contribution in [3.8, 4) is 0 Å². The lowest BCUT2D eigenvalue weighted by Gasteiger charge is -2.05. The molecule has 0 aliphatic carbocycles. The smallest absolute Gasteiger partial charge is 0.115 e. The van der Waals surface area contributed by atoms with E-state index in [-0.39, 0.29) is 6.04 Å². The summed E-state index contributed by atoms with van der Waals surface area (Å²) in [6, 6.07) is 2.03. The van der Waals surface area contributed by atoms with E-state index in [1.807, 2.05) is 13.0 Å². The molecule has 0 bridgehead atoms. The Kier molecular flexibility index (Phi) is 4.26. The Hall–Kier alpha value is -2.12. The van der Waals surface area contributed by atoms with Crippen molar-refractivity contribution in [3.63, 3.8) is 0 Å². The predicted octanol–water partition coefficient (Wildman–Crippen LogP) is 2.29. The average Bonchev–Trinajstić information content (AvgIpc) is 2.83. The minimum absolute atomic E-state index is 0.136. The summed E-state index contributed by atoms with van der Waals surface area (Å²) >= 11 is 1.74. The third-order valence-corrected chi connectivity index (χ3v) is 4.75. The minimum Gasteiger partial charge on any atom is -0.377 e. The second kappa shape index (κ2) is 6.33. The van der Waals surface area contributed by atoms with E-state index in [2.05, 4.69) is 32.4 Å². The maximum absolute atomic E-state index is 5.93. The normalized spacial score (nSPS) is 12.5. The number of thiophene rings is 1. The van der Waals surface area contributed by atoms with Crippen LogP contribution in [0.3, 0.4) is 0 Å². The second-order valence-electron chi connectivity index (χ2n) is 5.32. The molecule has 0 fully saturated rings. The average molecular weight is 314 g/mol. The first kappa shape index (κ1) is 14.8. The SMILES string of the molecule is Cc1c(C[C@H](C)N)sc2c(NCc3ccncn3)cnnc12. The molecule has 0 unspecified atom stereocenters. The lowest BCUT2D eigenvalue weighted by atomic mass is 10.1. The zero-order valence-corrected chi connectivity index (χ0v) is 13.4. The van der Waals surface area contributed by atoms with Gasteiger partial charge < -0.3 is 11.1 Å². The molecule has 3 N–H and O–H groups in total. The highest BCUT2D eigenvalue weighted by atomic mass is 32.1. The van der Waals surface area contributed by atoms with E-state index in [1.54, 1.807) is 30.1 Å². The maximum atomic E-state index is 5.93. The largest absolute Gasteiger partial charge is 0.377 e. The van der Waals surface area contributed by atoms with Crippen molar-refractivity contribution < 1.29 is 0 Å². The van der Waals surface area contributed by atoms with Crippen molar-refractivity contribution in [1.29, 1.82) is 0 Å². The molecule has 1 atom stereocenters. The predicted molar refractivity (Wildman–Crippen MR) is 88.9 cm³/mol. The fourth-order valence-corrected chi connectivity index (χ4v) is 3.65. The number of hydrogen-bond acceptors (Lipinski definition) is 7. The molecular weight excluding hydrogens is 296 g/mol. The van der Waals surface area contributed by atoms with Gasteiger partial charge in [0.1, 0.15) is 11.8 Å². The Bertz CT molecular complexity index is 768. The molecule has 0 amide bonds. The molecule has 3 heterocycles. The van der Waals surface area contributed by atoms with Gasteiger partial charge in [0.05, 0.1) is 28.8 Å². The van der Waals surface area contributed by atoms with Gasteiger partial charge in [-0.05, 0) is 31.9 Å². The highest BCUT2D eigenvalue weighted by Crippen LogP contribution is 2.34. The lowest BCUT2D eigenvalue weighted by Crippen LogP contribution is -2.17. The zero-order valence-electron chi connectivity index (χ0n) is 12.6. The molecule has 3 aromatic heterocycles. The van der Waals surface area contributed by atoms with Crippen molar-refractivity contribution in [1.82, 2.24) is 20.2 Å². The third-order valence-electron chi connectivity index (χ3n) is 3.41. The van der Waals surface area contributed by atoms with E-state index >= 15 is 0 Å². The number of rotatable bonds is 5. The number of nitrogens with one attached hydrogen (secondary N) is 1. The van der Waals surface area contributed by atoms with Crippen molar-refractivity contribution in [2.24, 2.45) is 5.73 Å². The van der Waals surface area contributed by atoms with Crippen LogP contribution < -0.4 is 11.1 Å². The number of aromatic nitrogens is 4. The molecule has 0 radical (unpaired) electrons. The van der Waals surface area contributed by atoms with Gasteiger partial charge in [-0.25, -0.2) is 9.97 Å². The molecule has 114 valence electrons. The summed E-state index contributed by atoms with van der Waals surface area (Å²) in [5.41, 5.74) is 9.97. The third kappa shape index (κ3) is 3.05. The fourth-order valence-electron chi connectivity index (χ4n) is 2.28. The molecule has 0 saturated heterocycles. The van der Waals surface area contributed by atoms with Crippen LogP contribution in [0, 0.1) is 6.92 Å². The fraction of sp³-hybridized carbons (Fsp3) is 0.333. The summed E-state index contributed by atoms with van der Waals surface area (Å²) in [5, 5.41) is 11.8. The molecule has 6 nitrogen and oxygen atoms in total. The first-order chi connectivity index (χ1) is 10.6. The minimum atomic E-state index is 0.136. The molecule has 3 rings (SSSR count). The van der Waals surface area contributed by atoms with E-state index in [1.165, 1.54) is 10.4 Å². The zero-order chi connectivity index (χ0) is 15.5. The van der Waals surface area contributed by atoms with Crippen LogP contribution in [0.1, 0.15) is 23.1 Å². The number of hydrogen-bond donors (Lipinski definition) is 2. The molecule has 3 aromatic rings. The molecule has 0 saturated carbocycles. The monoisotopic (exact) mass is 314 g/mol. The summed E-state index contributed by atoms with van der Waals surface area (Å²) in [5.74, 6) is 0. The summed E-state index contributed by atoms with van der Waals surface area (Å²) in [4.78, 5) is 9.41. The van der Waals surface area contributed by atoms with Gasteiger partial charge in [0.15, 0.2) is 0 Å². The van der Waals surface area contributed by atoms with Crippen LogP contribution in [0.5, 0.6) is 0 Å². The highest BCUT2D eigenvalue weighted by Gasteiger charge is 2.14. The van der Waals surface area contributed by atoms with Crippen LogP contribution in [0.15, 0.2) is 24.8 Å². The maximum Gasteiger partial charge on any atom is 0.115 e. The van der Waals surface area contributed by atoms with Crippen LogP contribution in [0.25, 0.3) is 10.2 Å². The molecule has 0 aliphatic heterocycles. The van der Waals surface area contributed by atoms with Gasteiger partial charge in [0.2, 0.25) is 0 Å². The Labute approximate surface area is 132 Å². The van der Waals surface area contributed by atoms with Gasteiger partial charge in [-0.3, -0.25) is 0 Å². The van der Waals surface area contributed by atoms with Gasteiger partial charge in [0.25, 0.3) is 0 Å². The van der Waals surface area contributed by atoms with E-state index in [4.69, 9.17) is 5.73 Å². The lowest BCUT2D eigenvalue weighted by molar-refractivity contribution is 0.744. The number of anilines is 1. The summed E-state index contributed by atoms with van der Waals surface area (Å²) < 4.78 is 1.12. The van der Waals surface area contributed by atoms with Crippen LogP contribution in [-0.2, 0) is 13.0 Å². The Balaban J connectivity index is 1.89. The van der Waals surface area contributed by atoms with E-state index in [9.17, 15) is 0 Å². The van der Waals surface area contributed by atoms with Crippen molar-refractivity contribution in [2.45, 2.75) is 32.9 Å². The summed E-state index contributed by atoms with van der Waals surface area (Å²) in [6.45, 7) is 4.73. The summed E-state index contributed by atoms with van der Waals surface area (Å²) in [7, 11) is 0. The Morgan fingerprint density at radius 2 is 2.27 bits per heavy atom. The van der Waals surface area contributed by atoms with Gasteiger partial charge in [-0.15, -0.1) is 16.4 Å². The number of fused-ring (bicyclic) bond motifs is 1. The van der Waals surface area contributed by atoms with Gasteiger partial charge in [-0.1, -0.05) is 0 Å². The number of nitrogens with zero attached hydrogens (tertiary/aromatic N) is 4. The van der Waals surface area contributed by atoms with Gasteiger partial charge in [-0.2, -0.15) is 5.10 Å². The second-order valence-corrected chi connectivity index (χ2v) is 6.43. The quantitative estimate of drug-likeness (QED) is 0.751. The van der Waals surface area contributed by atoms with Crippen molar-refractivity contribution >= 4 is 27.2 Å². The topological polar surface area (TPSA) is 89.6 Å². The van der Waals surface area contributed by atoms with Crippen LogP contribution in [0.2, 0.25) is 0 Å². The molecule has 0 aliphatic rings. The molecule has 0 aromatic carbocycles. The first-order valence-corrected chi connectivity index (χ1v) is 7.95. The number of aryl methyl sites for hydroxylation is 1. The van der Waals surface area contributed by atoms with Gasteiger partial charge in [0, 0.05) is 17.1 Å². The standard InChI is InChI=1S/C15H18N6S/c1-9(16)5-13-10(2)14-15(22-13)12(7-20-21-14)18-6-11-3-4-17-8-19-11/h3-4,7-9H,5-6,16H2,1-2H3,(H,18,21)/t9-/m0/s1. The Morgan fingerprint density at radius 3 is 3.00 bits per heavy atom. The van der Waals surface area contributed by atoms with Crippen molar-refractivity contribution in [2.75, 3.05) is 5.32 Å². The first-order valence-electron chi connectivity index (χ1n) is 7.13. The van der Waals surface area contributed by atoms with Crippen LogP contribution in [0.4, 0.5) is 5.69 Å². The molecular formula is C15H18N6S. The summed E-state index contributed by atoms with van der Waals surface area (Å²) in [6.07, 6.45) is 5.90. The van der Waals surface area contributed by atoms with Crippen LogP contribution >= 0.6 is 11.3 Å². The van der Waals surface area contributed by atoms with Gasteiger partial charge >= 0.3 is 0 Å². The Morgan fingerprint density at radius 1 is 1.41 bits per heavy atom. The van der Waals surface area contributed by atoms with E-state index < -0.39 is 0 Å². The highest BCUT2D eigenvalue weighted by molar-refractivity contribution is 7.19. The molecule has 7 heteroatoms. The molecule has 22 heavy (non-hydrogen) atoms. The molecule has 0 spiro atoms. The number of nitrogens with two attached hydrogens (primary N) is 1. The van der Waals surface area contributed by atoms with E-state index in [0.29, 0.717) is 6.54 Å². The van der Waals surface area contributed by atoms with Crippen LogP contribution in [-0.4, -0.2) is 26.2 Å². The van der Waals surface area contributed by atoms with E-state index in [0.717, 1.165) is 28.0 Å². The van der Waals surface area contributed by atoms with Crippen molar-refractivity contribution in [3.05, 3.63) is 40.9 Å².